The maximum absolute atomic E-state index is 11.4. The number of aryl methyl sites for hydroxylation is 1. The van der Waals surface area contributed by atoms with Crippen LogP contribution in [0.5, 0.6) is 0 Å². The van der Waals surface area contributed by atoms with Gasteiger partial charge in [0.2, 0.25) is 5.91 Å². The van der Waals surface area contributed by atoms with Crippen LogP contribution in [-0.4, -0.2) is 41.4 Å². The molecule has 1 heterocycles. The normalized spacial score (nSPS) is 10.1. The van der Waals surface area contributed by atoms with Gasteiger partial charge in [0.1, 0.15) is 17.5 Å². The summed E-state index contributed by atoms with van der Waals surface area (Å²) in [6.07, 6.45) is 1.74. The van der Waals surface area contributed by atoms with Crippen molar-refractivity contribution < 1.29 is 4.79 Å². The zero-order valence-electron chi connectivity index (χ0n) is 10.5. The van der Waals surface area contributed by atoms with Crippen LogP contribution in [0.2, 0.25) is 0 Å². The van der Waals surface area contributed by atoms with Gasteiger partial charge in [-0.1, -0.05) is 6.92 Å². The second-order valence-electron chi connectivity index (χ2n) is 3.99. The van der Waals surface area contributed by atoms with E-state index in [1.807, 2.05) is 0 Å². The van der Waals surface area contributed by atoms with Crippen LogP contribution in [-0.2, 0) is 11.2 Å². The number of nitrogens with two attached hydrogens (primary N) is 1. The molecule has 1 aromatic heterocycles. The number of carbonyl (C=O) groups is 1. The first-order chi connectivity index (χ1) is 8.02. The lowest BCUT2D eigenvalue weighted by molar-refractivity contribution is -0.126. The van der Waals surface area contributed by atoms with Crippen molar-refractivity contribution in [2.24, 2.45) is 0 Å². The van der Waals surface area contributed by atoms with E-state index in [9.17, 15) is 4.79 Å². The van der Waals surface area contributed by atoms with Gasteiger partial charge in [0, 0.05) is 26.6 Å². The van der Waals surface area contributed by atoms with Crippen molar-refractivity contribution in [2.45, 2.75) is 19.8 Å². The first kappa shape index (κ1) is 13.2. The van der Waals surface area contributed by atoms with Crippen LogP contribution in [0.1, 0.15) is 19.2 Å². The van der Waals surface area contributed by atoms with Gasteiger partial charge in [-0.25, -0.2) is 9.97 Å². The number of hydrogen-bond acceptors (Lipinski definition) is 5. The largest absolute Gasteiger partial charge is 0.384 e. The minimum atomic E-state index is -0.0146. The number of aromatic nitrogens is 2. The molecule has 6 heteroatoms. The van der Waals surface area contributed by atoms with Crippen LogP contribution < -0.4 is 11.1 Å². The van der Waals surface area contributed by atoms with Crippen LogP contribution in [0.4, 0.5) is 11.6 Å². The topological polar surface area (TPSA) is 84.1 Å². The van der Waals surface area contributed by atoms with Crippen LogP contribution in [0.15, 0.2) is 6.07 Å². The van der Waals surface area contributed by atoms with Crippen LogP contribution in [0.25, 0.3) is 0 Å². The smallest absolute Gasteiger partial charge is 0.241 e. The lowest BCUT2D eigenvalue weighted by Crippen LogP contribution is -2.28. The Labute approximate surface area is 101 Å². The Balaban J connectivity index is 2.67. The zero-order chi connectivity index (χ0) is 12.8. The number of nitrogens with zero attached hydrogens (tertiary/aromatic N) is 3. The summed E-state index contributed by atoms with van der Waals surface area (Å²) in [5.41, 5.74) is 5.67. The number of carbonyl (C=O) groups excluding carboxylic acids is 1. The van der Waals surface area contributed by atoms with E-state index >= 15 is 0 Å². The molecule has 0 aliphatic carbocycles. The molecule has 0 spiro atoms. The maximum atomic E-state index is 11.4. The zero-order valence-corrected chi connectivity index (χ0v) is 10.5. The molecule has 0 aliphatic rings. The molecule has 1 aromatic rings. The standard InChI is InChI=1S/C11H19N5O/c1-4-5-9-14-8(12)6-10(15-9)13-7-11(17)16(2)3/h6H,4-5,7H2,1-3H3,(H3,12,13,14,15). The number of amides is 1. The summed E-state index contributed by atoms with van der Waals surface area (Å²) >= 11 is 0. The molecule has 1 amide bonds. The summed E-state index contributed by atoms with van der Waals surface area (Å²) in [5.74, 6) is 1.70. The summed E-state index contributed by atoms with van der Waals surface area (Å²) < 4.78 is 0. The minimum Gasteiger partial charge on any atom is -0.384 e. The molecule has 0 radical (unpaired) electrons. The fraction of sp³-hybridized carbons (Fsp3) is 0.545. The molecule has 0 aromatic carbocycles. The fourth-order valence-electron chi connectivity index (χ4n) is 1.27. The van der Waals surface area contributed by atoms with Gasteiger partial charge in [0.25, 0.3) is 0 Å². The maximum Gasteiger partial charge on any atom is 0.241 e. The van der Waals surface area contributed by atoms with E-state index in [1.165, 1.54) is 4.90 Å². The highest BCUT2D eigenvalue weighted by molar-refractivity contribution is 5.80. The van der Waals surface area contributed by atoms with Crippen LogP contribution in [0, 0.1) is 0 Å². The number of hydrogen-bond donors (Lipinski definition) is 2. The van der Waals surface area contributed by atoms with E-state index < -0.39 is 0 Å². The predicted octanol–water partition coefficient (Wildman–Crippen LogP) is 0.511. The van der Waals surface area contributed by atoms with Gasteiger partial charge in [-0.15, -0.1) is 0 Å². The van der Waals surface area contributed by atoms with E-state index in [2.05, 4.69) is 22.2 Å². The molecule has 0 saturated carbocycles. The third-order valence-electron chi connectivity index (χ3n) is 2.19. The number of rotatable bonds is 5. The quantitative estimate of drug-likeness (QED) is 0.779. The summed E-state index contributed by atoms with van der Waals surface area (Å²) in [6.45, 7) is 2.25. The molecule has 1 rings (SSSR count). The van der Waals surface area contributed by atoms with Crippen molar-refractivity contribution in [3.05, 3.63) is 11.9 Å². The Hall–Kier alpha value is -1.85. The number of nitrogen functional groups attached to an aromatic ring is 1. The molecule has 17 heavy (non-hydrogen) atoms. The van der Waals surface area contributed by atoms with E-state index in [0.29, 0.717) is 17.5 Å². The number of nitrogens with one attached hydrogen (secondary N) is 1. The average Bonchev–Trinajstić information content (AvgIpc) is 2.25. The predicted molar refractivity (Wildman–Crippen MR) is 67.6 cm³/mol. The highest BCUT2D eigenvalue weighted by atomic mass is 16.2. The van der Waals surface area contributed by atoms with Gasteiger partial charge < -0.3 is 16.0 Å². The van der Waals surface area contributed by atoms with E-state index in [4.69, 9.17) is 5.73 Å². The SMILES string of the molecule is CCCc1nc(N)cc(NCC(=O)N(C)C)n1. The van der Waals surface area contributed by atoms with Crippen molar-refractivity contribution in [3.63, 3.8) is 0 Å². The van der Waals surface area contributed by atoms with Crippen molar-refractivity contribution in [2.75, 3.05) is 31.7 Å². The molecule has 0 atom stereocenters. The molecular formula is C11H19N5O. The third-order valence-corrected chi connectivity index (χ3v) is 2.19. The van der Waals surface area contributed by atoms with Gasteiger partial charge in [-0.2, -0.15) is 0 Å². The van der Waals surface area contributed by atoms with Gasteiger partial charge in [0.05, 0.1) is 6.54 Å². The number of likely N-dealkylation sites (N-methyl/N-ethyl adjacent to an activating group) is 1. The molecule has 0 saturated heterocycles. The third kappa shape index (κ3) is 4.26. The van der Waals surface area contributed by atoms with Crippen molar-refractivity contribution in [3.8, 4) is 0 Å². The van der Waals surface area contributed by atoms with E-state index in [0.717, 1.165) is 12.8 Å². The van der Waals surface area contributed by atoms with E-state index in [-0.39, 0.29) is 12.5 Å². The summed E-state index contributed by atoms with van der Waals surface area (Å²) in [4.78, 5) is 21.3. The Morgan fingerprint density at radius 1 is 1.47 bits per heavy atom. The van der Waals surface area contributed by atoms with Gasteiger partial charge >= 0.3 is 0 Å². The van der Waals surface area contributed by atoms with Crippen LogP contribution >= 0.6 is 0 Å². The summed E-state index contributed by atoms with van der Waals surface area (Å²) in [5, 5.41) is 2.94. The summed E-state index contributed by atoms with van der Waals surface area (Å²) in [6, 6.07) is 1.63. The molecule has 0 fully saturated rings. The van der Waals surface area contributed by atoms with Gasteiger partial charge in [-0.05, 0) is 6.42 Å². The molecule has 3 N–H and O–H groups in total. The highest BCUT2D eigenvalue weighted by Crippen LogP contribution is 2.09. The molecule has 0 aliphatic heterocycles. The second kappa shape index (κ2) is 6.03. The van der Waals surface area contributed by atoms with Gasteiger partial charge in [0.15, 0.2) is 0 Å². The Morgan fingerprint density at radius 3 is 2.76 bits per heavy atom. The fourth-order valence-corrected chi connectivity index (χ4v) is 1.27. The van der Waals surface area contributed by atoms with E-state index in [1.54, 1.807) is 20.2 Å². The lowest BCUT2D eigenvalue weighted by Gasteiger charge is -2.12. The molecule has 0 bridgehead atoms. The molecule has 6 nitrogen and oxygen atoms in total. The first-order valence-corrected chi connectivity index (χ1v) is 5.60. The lowest BCUT2D eigenvalue weighted by atomic mass is 10.3. The molecule has 94 valence electrons. The van der Waals surface area contributed by atoms with Crippen molar-refractivity contribution in [1.82, 2.24) is 14.9 Å². The first-order valence-electron chi connectivity index (χ1n) is 5.60. The minimum absolute atomic E-state index is 0.0146. The van der Waals surface area contributed by atoms with Crippen molar-refractivity contribution in [1.29, 1.82) is 0 Å². The Kier molecular flexibility index (Phi) is 4.68. The van der Waals surface area contributed by atoms with Crippen LogP contribution in [0.3, 0.4) is 0 Å². The number of anilines is 2. The summed E-state index contributed by atoms with van der Waals surface area (Å²) in [7, 11) is 3.42. The Morgan fingerprint density at radius 2 is 2.18 bits per heavy atom. The Bertz CT molecular complexity index is 391. The molecular weight excluding hydrogens is 218 g/mol. The van der Waals surface area contributed by atoms with Gasteiger partial charge in [-0.3, -0.25) is 4.79 Å². The second-order valence-corrected chi connectivity index (χ2v) is 3.99. The molecule has 0 unspecified atom stereocenters. The average molecular weight is 237 g/mol. The monoisotopic (exact) mass is 237 g/mol. The highest BCUT2D eigenvalue weighted by Gasteiger charge is 2.06. The van der Waals surface area contributed by atoms with Crippen molar-refractivity contribution >= 4 is 17.5 Å².